The smallest absolute Gasteiger partial charge is 0.237 e. The molecule has 0 saturated heterocycles. The number of carbonyl (C=O) groups is 5. The Labute approximate surface area is 416 Å². The van der Waals surface area contributed by atoms with Crippen molar-refractivity contribution in [3.05, 3.63) is 71.0 Å². The summed E-state index contributed by atoms with van der Waals surface area (Å²) in [5, 5.41) is 13.7. The number of amides is 4. The van der Waals surface area contributed by atoms with Crippen LogP contribution in [0.3, 0.4) is 0 Å². The van der Waals surface area contributed by atoms with E-state index in [1.54, 1.807) is 9.91 Å². The maximum Gasteiger partial charge on any atom is 0.237 e. The van der Waals surface area contributed by atoms with E-state index in [1.165, 1.54) is 19.3 Å². The zero-order chi connectivity index (χ0) is 46.0. The Bertz CT molecular complexity index is 1760. The van der Waals surface area contributed by atoms with E-state index in [0.717, 1.165) is 68.4 Å². The Morgan fingerprint density at radius 2 is 1.35 bits per heavy atom. The number of hydrogen-bond donors (Lipinski definition) is 6. The SMILES string of the molecule is C.CC(C)CCCCCCNC(=O)CCCCCN(N)/C1=C(\N)c2ccccc2CN(C(=O)CCC(=O)NCCCCC(C=O)NC(=O)C(CCCC[NH-])NC(C)C)c2ccccc21.[Y]. The fraction of sp³-hybridized carbons (Fsp3) is 0.620. The Kier molecular flexibility index (Phi) is 30.8. The molecule has 9 N–H and O–H groups in total. The molecule has 3 rings (SSSR count). The molecule has 65 heavy (non-hydrogen) atoms. The molecule has 2 atom stereocenters. The van der Waals surface area contributed by atoms with Crippen LogP contribution in [0.4, 0.5) is 5.69 Å². The monoisotopic (exact) mass is 978 g/mol. The molecule has 14 nitrogen and oxygen atoms in total. The van der Waals surface area contributed by atoms with Gasteiger partial charge >= 0.3 is 0 Å². The first-order valence-corrected chi connectivity index (χ1v) is 23.6. The van der Waals surface area contributed by atoms with Crippen LogP contribution in [0.2, 0.25) is 0 Å². The van der Waals surface area contributed by atoms with Gasteiger partial charge in [-0.3, -0.25) is 19.2 Å². The summed E-state index contributed by atoms with van der Waals surface area (Å²) in [7, 11) is 0. The normalized spacial score (nSPS) is 14.1. The molecular formula is C50H82N9O5Y-. The number of nitrogens with two attached hydrogens (primary N) is 2. The van der Waals surface area contributed by atoms with Crippen LogP contribution in [-0.4, -0.2) is 79.2 Å². The van der Waals surface area contributed by atoms with Crippen LogP contribution in [0.15, 0.2) is 48.5 Å². The van der Waals surface area contributed by atoms with Gasteiger partial charge in [-0.05, 0) is 62.5 Å². The van der Waals surface area contributed by atoms with Gasteiger partial charge in [0.25, 0.3) is 0 Å². The molecule has 0 aromatic heterocycles. The number of carbonyl (C=O) groups excluding carboxylic acids is 5. The summed E-state index contributed by atoms with van der Waals surface area (Å²) in [5.74, 6) is 6.95. The molecule has 1 heterocycles. The predicted molar refractivity (Wildman–Crippen MR) is 261 cm³/mol. The molecular weight excluding hydrogens is 896 g/mol. The number of benzene rings is 2. The maximum atomic E-state index is 14.0. The van der Waals surface area contributed by atoms with Crippen molar-refractivity contribution < 1.29 is 56.7 Å². The van der Waals surface area contributed by atoms with Gasteiger partial charge in [-0.2, -0.15) is 6.54 Å². The molecule has 2 aromatic carbocycles. The Balaban J connectivity index is 0.0000106. The molecule has 0 fully saturated rings. The topological polar surface area (TPSA) is 216 Å². The van der Waals surface area contributed by atoms with E-state index in [4.69, 9.17) is 17.3 Å². The quantitative estimate of drug-likeness (QED) is 0.0188. The number of rotatable bonds is 31. The van der Waals surface area contributed by atoms with Crippen molar-refractivity contribution in [3.8, 4) is 0 Å². The molecule has 2 aromatic rings. The van der Waals surface area contributed by atoms with Gasteiger partial charge in [0.2, 0.25) is 23.6 Å². The van der Waals surface area contributed by atoms with Crippen molar-refractivity contribution in [2.45, 2.75) is 169 Å². The third-order valence-corrected chi connectivity index (χ3v) is 11.4. The van der Waals surface area contributed by atoms with E-state index in [2.05, 4.69) is 35.1 Å². The van der Waals surface area contributed by atoms with Crippen LogP contribution in [0.5, 0.6) is 0 Å². The second-order valence-corrected chi connectivity index (χ2v) is 17.6. The minimum atomic E-state index is -0.630. The van der Waals surface area contributed by atoms with Crippen molar-refractivity contribution in [1.82, 2.24) is 26.3 Å². The van der Waals surface area contributed by atoms with Crippen molar-refractivity contribution >= 4 is 47.0 Å². The number of unbranched alkanes of at least 4 members (excludes halogenated alkanes) is 7. The zero-order valence-electron chi connectivity index (χ0n) is 39.2. The summed E-state index contributed by atoms with van der Waals surface area (Å²) in [5.41, 5.74) is 18.4. The van der Waals surface area contributed by atoms with Crippen molar-refractivity contribution in [1.29, 1.82) is 0 Å². The zero-order valence-corrected chi connectivity index (χ0v) is 42.1. The molecule has 1 aliphatic heterocycles. The first kappa shape index (κ1) is 59.3. The van der Waals surface area contributed by atoms with Gasteiger partial charge in [0.15, 0.2) is 0 Å². The van der Waals surface area contributed by atoms with Gasteiger partial charge in [0.05, 0.1) is 35.7 Å². The molecule has 15 heteroatoms. The van der Waals surface area contributed by atoms with E-state index < -0.39 is 12.1 Å². The first-order valence-electron chi connectivity index (χ1n) is 23.6. The second-order valence-electron chi connectivity index (χ2n) is 17.6. The summed E-state index contributed by atoms with van der Waals surface area (Å²) in [6.07, 6.45) is 13.1. The molecule has 4 amide bonds. The van der Waals surface area contributed by atoms with Crippen LogP contribution >= 0.6 is 0 Å². The van der Waals surface area contributed by atoms with Gasteiger partial charge in [0.1, 0.15) is 6.29 Å². The van der Waals surface area contributed by atoms with E-state index in [1.807, 2.05) is 62.4 Å². The van der Waals surface area contributed by atoms with E-state index in [-0.39, 0.29) is 89.2 Å². The average molecular weight is 978 g/mol. The minimum Gasteiger partial charge on any atom is -0.677 e. The number of nitrogens with one attached hydrogen (secondary N) is 5. The fourth-order valence-electron chi connectivity index (χ4n) is 7.88. The number of anilines is 1. The van der Waals surface area contributed by atoms with Crippen molar-refractivity contribution in [3.63, 3.8) is 0 Å². The van der Waals surface area contributed by atoms with Gasteiger partial charge in [-0.1, -0.05) is 123 Å². The Morgan fingerprint density at radius 3 is 2.03 bits per heavy atom. The number of hydrogen-bond acceptors (Lipinski definition) is 9. The number of hydrazine groups is 1. The standard InChI is InChI=1S/C49H78N9O5.CH4.Y/c1-36(2)20-8-5-6-17-31-53-44(60)27-9-7-19-33-58(52)48-41-24-12-13-26-43(41)57(34-38-21-10-11-23-40(38)47(48)51)46(62)29-28-45(61)54-32-18-15-22-39(35-59)56-49(63)42(55-37(3)4)25-14-16-30-50;;/h10-13,21,23-24,26,35-37,39,42,50,55H,5-9,14-20,22,25,27-34,51-52H2,1-4H3,(H,53,60)(H,54,61)(H,56,63);1H4;/q-1;;/b48-47-;;. The minimum absolute atomic E-state index is 0. The van der Waals surface area contributed by atoms with Gasteiger partial charge < -0.3 is 47.4 Å². The van der Waals surface area contributed by atoms with Crippen LogP contribution in [0.25, 0.3) is 17.1 Å². The number of para-hydroxylation sites is 1. The van der Waals surface area contributed by atoms with E-state index in [0.29, 0.717) is 80.8 Å². The van der Waals surface area contributed by atoms with E-state index >= 15 is 0 Å². The number of nitrogens with zero attached hydrogens (tertiary/aromatic N) is 2. The molecule has 2 unspecified atom stereocenters. The summed E-state index contributed by atoms with van der Waals surface area (Å²) >= 11 is 0. The summed E-state index contributed by atoms with van der Waals surface area (Å²) < 4.78 is 0. The predicted octanol–water partition coefficient (Wildman–Crippen LogP) is 7.75. The number of fused-ring (bicyclic) bond motifs is 2. The molecule has 1 radical (unpaired) electrons. The van der Waals surface area contributed by atoms with Crippen LogP contribution in [-0.2, 0) is 63.2 Å². The van der Waals surface area contributed by atoms with Gasteiger partial charge in [-0.25, -0.2) is 5.84 Å². The average Bonchev–Trinajstić information content (AvgIpc) is 3.25. The van der Waals surface area contributed by atoms with Crippen LogP contribution in [0, 0.1) is 5.92 Å². The fourth-order valence-corrected chi connectivity index (χ4v) is 7.88. The summed E-state index contributed by atoms with van der Waals surface area (Å²) in [4.78, 5) is 65.9. The van der Waals surface area contributed by atoms with Crippen LogP contribution < -0.4 is 37.7 Å². The van der Waals surface area contributed by atoms with Crippen molar-refractivity contribution in [2.75, 3.05) is 31.1 Å². The maximum absolute atomic E-state index is 14.0. The largest absolute Gasteiger partial charge is 0.677 e. The Morgan fingerprint density at radius 1 is 0.754 bits per heavy atom. The third kappa shape index (κ3) is 22.1. The van der Waals surface area contributed by atoms with E-state index in [9.17, 15) is 24.0 Å². The van der Waals surface area contributed by atoms with Gasteiger partial charge in [-0.15, -0.1) is 0 Å². The summed E-state index contributed by atoms with van der Waals surface area (Å²) in [6, 6.07) is 14.3. The van der Waals surface area contributed by atoms with Crippen LogP contribution in [0.1, 0.15) is 161 Å². The van der Waals surface area contributed by atoms with Crippen molar-refractivity contribution in [2.24, 2.45) is 17.5 Å². The first-order chi connectivity index (χ1) is 30.4. The third-order valence-electron chi connectivity index (χ3n) is 11.4. The molecule has 0 aliphatic carbocycles. The molecule has 361 valence electrons. The molecule has 1 aliphatic rings. The molecule has 0 bridgehead atoms. The Hall–Kier alpha value is -3.69. The molecule has 0 spiro atoms. The molecule has 0 saturated carbocycles. The number of aldehydes is 1. The van der Waals surface area contributed by atoms with Gasteiger partial charge in [0, 0.05) is 88.8 Å². The second kappa shape index (κ2) is 33.7. The summed E-state index contributed by atoms with van der Waals surface area (Å²) in [6.45, 7) is 10.6.